The third-order valence-electron chi connectivity index (χ3n) is 2.38. The predicted molar refractivity (Wildman–Crippen MR) is 67.1 cm³/mol. The van der Waals surface area contributed by atoms with Crippen LogP contribution in [0.4, 0.5) is 0 Å². The lowest BCUT2D eigenvalue weighted by Crippen LogP contribution is -2.10. The summed E-state index contributed by atoms with van der Waals surface area (Å²) in [4.78, 5) is 4.11. The average molecular weight is 228 g/mol. The van der Waals surface area contributed by atoms with Gasteiger partial charge in [0.15, 0.2) is 5.17 Å². The van der Waals surface area contributed by atoms with E-state index in [1.54, 1.807) is 18.9 Å². The van der Waals surface area contributed by atoms with Crippen molar-refractivity contribution in [2.75, 3.05) is 19.5 Å². The molecule has 0 unspecified atom stereocenters. The van der Waals surface area contributed by atoms with Gasteiger partial charge in [-0.2, -0.15) is 0 Å². The Bertz CT molecular complexity index is 239. The molecule has 0 fully saturated rings. The summed E-state index contributed by atoms with van der Waals surface area (Å²) in [7, 11) is 1.76. The molecule has 0 aromatic carbocycles. The molecular formula is C11H20N2OS. The standard InChI is InChI=1S/C11H20N2OS/c1-14-7-5-3-2-4-6-10-8-13-11(12)15-9-10/h8H,2-7,9H2,1H3,(H2,12,13). The molecule has 0 aliphatic carbocycles. The van der Waals surface area contributed by atoms with Crippen LogP contribution in [0.2, 0.25) is 0 Å². The Morgan fingerprint density at radius 1 is 1.40 bits per heavy atom. The van der Waals surface area contributed by atoms with E-state index < -0.39 is 0 Å². The second-order valence-electron chi connectivity index (χ2n) is 3.70. The van der Waals surface area contributed by atoms with Crippen molar-refractivity contribution in [2.45, 2.75) is 32.1 Å². The number of nitrogens with zero attached hydrogens (tertiary/aromatic N) is 1. The fraction of sp³-hybridized carbons (Fsp3) is 0.727. The van der Waals surface area contributed by atoms with Crippen LogP contribution in [0, 0.1) is 0 Å². The molecular weight excluding hydrogens is 208 g/mol. The highest BCUT2D eigenvalue weighted by Crippen LogP contribution is 2.19. The van der Waals surface area contributed by atoms with Crippen molar-refractivity contribution >= 4 is 16.9 Å². The van der Waals surface area contributed by atoms with Crippen LogP contribution in [0.25, 0.3) is 0 Å². The van der Waals surface area contributed by atoms with Crippen LogP contribution in [0.15, 0.2) is 16.8 Å². The minimum atomic E-state index is 0.693. The van der Waals surface area contributed by atoms with Crippen molar-refractivity contribution in [1.82, 2.24) is 0 Å². The summed E-state index contributed by atoms with van der Waals surface area (Å²) in [6.07, 6.45) is 8.07. The zero-order chi connectivity index (χ0) is 10.9. The molecule has 0 radical (unpaired) electrons. The quantitative estimate of drug-likeness (QED) is 0.681. The van der Waals surface area contributed by atoms with Crippen molar-refractivity contribution in [2.24, 2.45) is 10.7 Å². The fourth-order valence-electron chi connectivity index (χ4n) is 1.48. The number of nitrogens with two attached hydrogens (primary N) is 1. The average Bonchev–Trinajstić information content (AvgIpc) is 2.26. The Morgan fingerprint density at radius 3 is 2.87 bits per heavy atom. The van der Waals surface area contributed by atoms with Crippen LogP contribution in [-0.2, 0) is 4.74 Å². The van der Waals surface area contributed by atoms with Crippen LogP contribution in [0.1, 0.15) is 32.1 Å². The molecule has 86 valence electrons. The van der Waals surface area contributed by atoms with Gasteiger partial charge >= 0.3 is 0 Å². The molecule has 0 aromatic rings. The SMILES string of the molecule is COCCCCCCC1=CN=C(N)SC1. The minimum absolute atomic E-state index is 0.693. The van der Waals surface area contributed by atoms with Gasteiger partial charge in [0.25, 0.3) is 0 Å². The normalized spacial score (nSPS) is 16.1. The first-order valence-electron chi connectivity index (χ1n) is 5.46. The zero-order valence-electron chi connectivity index (χ0n) is 9.37. The summed E-state index contributed by atoms with van der Waals surface area (Å²) in [5, 5.41) is 0.693. The first-order chi connectivity index (χ1) is 7.33. The Kier molecular flexibility index (Phi) is 6.52. The van der Waals surface area contributed by atoms with Gasteiger partial charge in [0.05, 0.1) is 0 Å². The third kappa shape index (κ3) is 5.85. The highest BCUT2D eigenvalue weighted by molar-refractivity contribution is 8.14. The molecule has 0 spiro atoms. The smallest absolute Gasteiger partial charge is 0.158 e. The largest absolute Gasteiger partial charge is 0.385 e. The number of thioether (sulfide) groups is 1. The number of aliphatic imine (C=N–C) groups is 1. The van der Waals surface area contributed by atoms with Crippen molar-refractivity contribution < 1.29 is 4.74 Å². The molecule has 0 amide bonds. The molecule has 0 atom stereocenters. The molecule has 4 heteroatoms. The predicted octanol–water partition coefficient (Wildman–Crippen LogP) is 2.53. The van der Waals surface area contributed by atoms with E-state index in [1.807, 2.05) is 6.20 Å². The number of unbranched alkanes of at least 4 members (excludes halogenated alkanes) is 3. The van der Waals surface area contributed by atoms with Gasteiger partial charge < -0.3 is 10.5 Å². The summed E-state index contributed by atoms with van der Waals surface area (Å²) in [5.74, 6) is 1.02. The minimum Gasteiger partial charge on any atom is -0.385 e. The molecule has 2 N–H and O–H groups in total. The highest BCUT2D eigenvalue weighted by Gasteiger charge is 2.04. The molecule has 1 aliphatic heterocycles. The van der Waals surface area contributed by atoms with E-state index in [-0.39, 0.29) is 0 Å². The number of methoxy groups -OCH3 is 1. The summed E-state index contributed by atoms with van der Waals surface area (Å²) < 4.78 is 5.00. The first kappa shape index (κ1) is 12.6. The van der Waals surface area contributed by atoms with E-state index in [0.29, 0.717) is 5.17 Å². The number of hydrogen-bond acceptors (Lipinski definition) is 4. The maximum atomic E-state index is 5.56. The molecule has 1 aliphatic rings. The van der Waals surface area contributed by atoms with E-state index in [4.69, 9.17) is 10.5 Å². The van der Waals surface area contributed by atoms with Crippen LogP contribution in [-0.4, -0.2) is 24.6 Å². The van der Waals surface area contributed by atoms with Gasteiger partial charge in [-0.15, -0.1) is 0 Å². The third-order valence-corrected chi connectivity index (χ3v) is 3.29. The summed E-state index contributed by atoms with van der Waals surface area (Å²) in [5.41, 5.74) is 6.98. The second-order valence-corrected chi connectivity index (χ2v) is 4.70. The Labute approximate surface area is 96.2 Å². The van der Waals surface area contributed by atoms with Gasteiger partial charge in [-0.05, 0) is 24.8 Å². The van der Waals surface area contributed by atoms with Gasteiger partial charge in [-0.25, -0.2) is 4.99 Å². The Morgan fingerprint density at radius 2 is 2.20 bits per heavy atom. The van der Waals surface area contributed by atoms with Crippen molar-refractivity contribution in [1.29, 1.82) is 0 Å². The van der Waals surface area contributed by atoms with E-state index in [0.717, 1.165) is 18.8 Å². The van der Waals surface area contributed by atoms with Gasteiger partial charge in [0.2, 0.25) is 0 Å². The van der Waals surface area contributed by atoms with Crippen LogP contribution in [0.3, 0.4) is 0 Å². The van der Waals surface area contributed by atoms with Gasteiger partial charge in [0.1, 0.15) is 0 Å². The number of ether oxygens (including phenoxy) is 1. The number of rotatable bonds is 7. The van der Waals surface area contributed by atoms with Gasteiger partial charge in [-0.3, -0.25) is 0 Å². The monoisotopic (exact) mass is 228 g/mol. The molecule has 1 heterocycles. The lowest BCUT2D eigenvalue weighted by Gasteiger charge is -2.10. The lowest BCUT2D eigenvalue weighted by molar-refractivity contribution is 0.192. The summed E-state index contributed by atoms with van der Waals surface area (Å²) in [6, 6.07) is 0. The number of hydrogen-bond donors (Lipinski definition) is 1. The number of amidine groups is 1. The van der Waals surface area contributed by atoms with Crippen LogP contribution >= 0.6 is 11.8 Å². The Balaban J connectivity index is 2.01. The summed E-state index contributed by atoms with van der Waals surface area (Å²) >= 11 is 1.64. The molecule has 15 heavy (non-hydrogen) atoms. The second kappa shape index (κ2) is 7.77. The molecule has 0 aromatic heterocycles. The first-order valence-corrected chi connectivity index (χ1v) is 6.44. The topological polar surface area (TPSA) is 47.6 Å². The molecule has 1 rings (SSSR count). The van der Waals surface area contributed by atoms with Gasteiger partial charge in [0, 0.05) is 25.7 Å². The lowest BCUT2D eigenvalue weighted by atomic mass is 10.1. The molecule has 0 saturated heterocycles. The van der Waals surface area contributed by atoms with E-state index in [9.17, 15) is 0 Å². The molecule has 3 nitrogen and oxygen atoms in total. The zero-order valence-corrected chi connectivity index (χ0v) is 10.2. The van der Waals surface area contributed by atoms with E-state index >= 15 is 0 Å². The summed E-state index contributed by atoms with van der Waals surface area (Å²) in [6.45, 7) is 0.888. The maximum Gasteiger partial charge on any atom is 0.158 e. The van der Waals surface area contributed by atoms with Crippen LogP contribution < -0.4 is 5.73 Å². The van der Waals surface area contributed by atoms with Gasteiger partial charge in [-0.1, -0.05) is 24.6 Å². The maximum absolute atomic E-state index is 5.56. The van der Waals surface area contributed by atoms with Crippen LogP contribution in [0.5, 0.6) is 0 Å². The van der Waals surface area contributed by atoms with Crippen molar-refractivity contribution in [3.8, 4) is 0 Å². The van der Waals surface area contributed by atoms with E-state index in [2.05, 4.69) is 4.99 Å². The highest BCUT2D eigenvalue weighted by atomic mass is 32.2. The molecule has 0 saturated carbocycles. The molecule has 0 bridgehead atoms. The Hall–Kier alpha value is -0.480. The van der Waals surface area contributed by atoms with Crippen molar-refractivity contribution in [3.05, 3.63) is 11.8 Å². The fourth-order valence-corrected chi connectivity index (χ4v) is 2.16. The van der Waals surface area contributed by atoms with Crippen molar-refractivity contribution in [3.63, 3.8) is 0 Å². The van der Waals surface area contributed by atoms with E-state index in [1.165, 1.54) is 31.3 Å².